The van der Waals surface area contributed by atoms with Crippen molar-refractivity contribution in [2.45, 2.75) is 71.4 Å². The van der Waals surface area contributed by atoms with Crippen LogP contribution in [0.15, 0.2) is 12.4 Å². The van der Waals surface area contributed by atoms with Crippen LogP contribution in [0, 0.1) is 0 Å². The number of nitrogens with one attached hydrogen (secondary N) is 1. The lowest BCUT2D eigenvalue weighted by Gasteiger charge is -2.22. The zero-order valence-electron chi connectivity index (χ0n) is 14.0. The molecule has 0 spiro atoms. The van der Waals surface area contributed by atoms with Crippen LogP contribution in [0.1, 0.15) is 65.3 Å². The lowest BCUT2D eigenvalue weighted by molar-refractivity contribution is 0.288. The molecule has 1 saturated carbocycles. The molecule has 1 aromatic rings. The van der Waals surface area contributed by atoms with Crippen molar-refractivity contribution in [3.8, 4) is 0 Å². The van der Waals surface area contributed by atoms with Gasteiger partial charge in [0.1, 0.15) is 0 Å². The highest BCUT2D eigenvalue weighted by Crippen LogP contribution is 2.24. The van der Waals surface area contributed by atoms with Crippen LogP contribution in [-0.4, -0.2) is 40.1 Å². The van der Waals surface area contributed by atoms with Gasteiger partial charge in [-0.2, -0.15) is 0 Å². The first-order chi connectivity index (χ1) is 10.2. The summed E-state index contributed by atoms with van der Waals surface area (Å²) in [6, 6.07) is 1.15. The molecule has 2 rings (SSSR count). The predicted molar refractivity (Wildman–Crippen MR) is 89.8 cm³/mol. The molecule has 21 heavy (non-hydrogen) atoms. The van der Waals surface area contributed by atoms with E-state index in [2.05, 4.69) is 46.7 Å². The number of nitrogens with zero attached hydrogens (tertiary/aromatic N) is 3. The van der Waals surface area contributed by atoms with Gasteiger partial charge in [-0.1, -0.05) is 26.7 Å². The topological polar surface area (TPSA) is 33.1 Å². The van der Waals surface area contributed by atoms with E-state index in [0.717, 1.165) is 19.0 Å². The first-order valence-electron chi connectivity index (χ1n) is 8.76. The Labute approximate surface area is 129 Å². The molecule has 1 atom stereocenters. The molecule has 1 aromatic heterocycles. The Morgan fingerprint density at radius 1 is 1.33 bits per heavy atom. The summed E-state index contributed by atoms with van der Waals surface area (Å²) in [5, 5.41) is 3.63. The molecule has 0 aromatic carbocycles. The van der Waals surface area contributed by atoms with Crippen molar-refractivity contribution in [1.29, 1.82) is 0 Å². The maximum absolute atomic E-state index is 4.52. The molecule has 0 amide bonds. The van der Waals surface area contributed by atoms with Crippen molar-refractivity contribution < 1.29 is 0 Å². The molecule has 0 saturated heterocycles. The van der Waals surface area contributed by atoms with Crippen molar-refractivity contribution in [3.05, 3.63) is 12.4 Å². The molecular weight excluding hydrogens is 260 g/mol. The fourth-order valence-corrected chi connectivity index (χ4v) is 3.32. The first kappa shape index (κ1) is 16.3. The van der Waals surface area contributed by atoms with Crippen LogP contribution in [0.5, 0.6) is 0 Å². The maximum atomic E-state index is 4.52. The predicted octanol–water partition coefficient (Wildman–Crippen LogP) is 3.92. The Morgan fingerprint density at radius 3 is 2.71 bits per heavy atom. The average molecular weight is 292 g/mol. The van der Waals surface area contributed by atoms with E-state index in [0.29, 0.717) is 12.1 Å². The minimum atomic E-state index is 0.520. The van der Waals surface area contributed by atoms with Crippen molar-refractivity contribution in [2.75, 3.05) is 25.0 Å². The minimum absolute atomic E-state index is 0.520. The first-order valence-corrected chi connectivity index (χ1v) is 8.76. The standard InChI is InChI=1S/C17H32N4/c1-4-20(5-2)13-8-9-15(3)21-14-12-18-17(21)19-16-10-6-7-11-16/h12,14-16H,4-11,13H2,1-3H3,(H,18,19). The summed E-state index contributed by atoms with van der Waals surface area (Å²) in [6.45, 7) is 10.3. The van der Waals surface area contributed by atoms with Gasteiger partial charge < -0.3 is 14.8 Å². The smallest absolute Gasteiger partial charge is 0.203 e. The van der Waals surface area contributed by atoms with Crippen LogP contribution in [0.4, 0.5) is 5.95 Å². The molecule has 1 fully saturated rings. The van der Waals surface area contributed by atoms with Crippen LogP contribution in [0.2, 0.25) is 0 Å². The fraction of sp³-hybridized carbons (Fsp3) is 0.824. The third-order valence-corrected chi connectivity index (χ3v) is 4.82. The number of imidazole rings is 1. The van der Waals surface area contributed by atoms with E-state index >= 15 is 0 Å². The second-order valence-electron chi connectivity index (χ2n) is 6.30. The molecule has 4 heteroatoms. The highest BCUT2D eigenvalue weighted by atomic mass is 15.2. The Morgan fingerprint density at radius 2 is 2.05 bits per heavy atom. The van der Waals surface area contributed by atoms with E-state index in [9.17, 15) is 0 Å². The summed E-state index contributed by atoms with van der Waals surface area (Å²) in [6.07, 6.45) is 11.8. The molecule has 0 aliphatic heterocycles. The number of hydrogen-bond donors (Lipinski definition) is 1. The largest absolute Gasteiger partial charge is 0.353 e. The zero-order chi connectivity index (χ0) is 15.1. The van der Waals surface area contributed by atoms with Crippen molar-refractivity contribution >= 4 is 5.95 Å². The average Bonchev–Trinajstić information content (AvgIpc) is 3.15. The van der Waals surface area contributed by atoms with Crippen molar-refractivity contribution in [1.82, 2.24) is 14.5 Å². The summed E-state index contributed by atoms with van der Waals surface area (Å²) >= 11 is 0. The van der Waals surface area contributed by atoms with E-state index in [1.165, 1.54) is 45.1 Å². The van der Waals surface area contributed by atoms with Gasteiger partial charge in [-0.15, -0.1) is 0 Å². The normalized spacial score (nSPS) is 17.5. The monoisotopic (exact) mass is 292 g/mol. The van der Waals surface area contributed by atoms with Gasteiger partial charge in [0.15, 0.2) is 0 Å². The van der Waals surface area contributed by atoms with Gasteiger partial charge in [-0.05, 0) is 52.2 Å². The van der Waals surface area contributed by atoms with Crippen molar-refractivity contribution in [2.24, 2.45) is 0 Å². The van der Waals surface area contributed by atoms with Crippen LogP contribution in [0.3, 0.4) is 0 Å². The molecule has 1 heterocycles. The molecule has 1 aliphatic rings. The van der Waals surface area contributed by atoms with E-state index < -0.39 is 0 Å². The summed E-state index contributed by atoms with van der Waals surface area (Å²) in [4.78, 5) is 7.02. The summed E-state index contributed by atoms with van der Waals surface area (Å²) in [5.41, 5.74) is 0. The summed E-state index contributed by atoms with van der Waals surface area (Å²) in [7, 11) is 0. The van der Waals surface area contributed by atoms with Crippen LogP contribution >= 0.6 is 0 Å². The van der Waals surface area contributed by atoms with E-state index in [1.807, 2.05) is 6.20 Å². The molecule has 0 bridgehead atoms. The zero-order valence-corrected chi connectivity index (χ0v) is 14.0. The van der Waals surface area contributed by atoms with E-state index in [-0.39, 0.29) is 0 Å². The van der Waals surface area contributed by atoms with Gasteiger partial charge in [0.2, 0.25) is 5.95 Å². The van der Waals surface area contributed by atoms with Gasteiger partial charge in [0.25, 0.3) is 0 Å². The Balaban J connectivity index is 1.81. The Kier molecular flexibility index (Phi) is 6.55. The van der Waals surface area contributed by atoms with Crippen molar-refractivity contribution in [3.63, 3.8) is 0 Å². The lowest BCUT2D eigenvalue weighted by atomic mass is 10.1. The summed E-state index contributed by atoms with van der Waals surface area (Å²) < 4.78 is 2.32. The number of rotatable bonds is 9. The maximum Gasteiger partial charge on any atom is 0.203 e. The number of anilines is 1. The molecule has 1 N–H and O–H groups in total. The highest BCUT2D eigenvalue weighted by molar-refractivity contribution is 5.28. The van der Waals surface area contributed by atoms with Crippen LogP contribution in [-0.2, 0) is 0 Å². The summed E-state index contributed by atoms with van der Waals surface area (Å²) in [5.74, 6) is 1.07. The van der Waals surface area contributed by atoms with Gasteiger partial charge in [0.05, 0.1) is 0 Å². The number of hydrogen-bond acceptors (Lipinski definition) is 3. The van der Waals surface area contributed by atoms with Gasteiger partial charge in [0, 0.05) is 24.5 Å². The second-order valence-corrected chi connectivity index (χ2v) is 6.30. The van der Waals surface area contributed by atoms with Gasteiger partial charge >= 0.3 is 0 Å². The third-order valence-electron chi connectivity index (χ3n) is 4.82. The lowest BCUT2D eigenvalue weighted by Crippen LogP contribution is -2.24. The van der Waals surface area contributed by atoms with Gasteiger partial charge in [-0.25, -0.2) is 4.98 Å². The van der Waals surface area contributed by atoms with Crippen LogP contribution < -0.4 is 5.32 Å². The second kappa shape index (κ2) is 8.42. The molecule has 1 unspecified atom stereocenters. The molecular formula is C17H32N4. The SMILES string of the molecule is CCN(CC)CCCC(C)n1ccnc1NC1CCCC1. The highest BCUT2D eigenvalue weighted by Gasteiger charge is 2.18. The van der Waals surface area contributed by atoms with E-state index in [4.69, 9.17) is 0 Å². The van der Waals surface area contributed by atoms with Gasteiger partial charge in [-0.3, -0.25) is 0 Å². The number of aromatic nitrogens is 2. The molecule has 0 radical (unpaired) electrons. The minimum Gasteiger partial charge on any atom is -0.353 e. The molecule has 1 aliphatic carbocycles. The third kappa shape index (κ3) is 4.73. The Bertz CT molecular complexity index is 391. The Hall–Kier alpha value is -1.03. The van der Waals surface area contributed by atoms with E-state index in [1.54, 1.807) is 0 Å². The quantitative estimate of drug-likeness (QED) is 0.749. The molecule has 4 nitrogen and oxygen atoms in total. The van der Waals surface area contributed by atoms with Crippen LogP contribution in [0.25, 0.3) is 0 Å². The molecule has 120 valence electrons. The fourth-order valence-electron chi connectivity index (χ4n) is 3.32.